The number of anilines is 2. The van der Waals surface area contributed by atoms with Crippen LogP contribution in [0.2, 0.25) is 10.0 Å². The van der Waals surface area contributed by atoms with Gasteiger partial charge in [-0.05, 0) is 62.3 Å². The van der Waals surface area contributed by atoms with Crippen LogP contribution < -0.4 is 15.5 Å². The van der Waals surface area contributed by atoms with E-state index in [-0.39, 0.29) is 5.91 Å². The minimum absolute atomic E-state index is 0.217. The molecule has 0 aliphatic heterocycles. The van der Waals surface area contributed by atoms with Crippen LogP contribution in [0.15, 0.2) is 42.5 Å². The molecule has 0 saturated heterocycles. The number of rotatable bonds is 7. The SMILES string of the molecule is CN(C)c1nc(NC2CCC(CCNC(=O)c3c(Cl)cccc3Cl)CC2)nc2ccccc12.O=C(O)C(F)(F)F. The maximum Gasteiger partial charge on any atom is 0.490 e. The zero-order chi connectivity index (χ0) is 29.4. The van der Waals surface area contributed by atoms with E-state index in [9.17, 15) is 18.0 Å². The Morgan fingerprint density at radius 1 is 1.00 bits per heavy atom. The predicted octanol–water partition coefficient (Wildman–Crippen LogP) is 6.43. The van der Waals surface area contributed by atoms with Gasteiger partial charge in [-0.15, -0.1) is 0 Å². The highest BCUT2D eigenvalue weighted by molar-refractivity contribution is 6.39. The normalized spacial score (nSPS) is 17.0. The summed E-state index contributed by atoms with van der Waals surface area (Å²) in [5, 5.41) is 15.4. The van der Waals surface area contributed by atoms with Gasteiger partial charge in [-0.3, -0.25) is 4.79 Å². The van der Waals surface area contributed by atoms with Gasteiger partial charge in [-0.1, -0.05) is 41.4 Å². The first-order valence-electron chi connectivity index (χ1n) is 12.6. The molecule has 1 heterocycles. The number of aliphatic carboxylic acids is 1. The number of hydrogen-bond donors (Lipinski definition) is 3. The first-order valence-corrected chi connectivity index (χ1v) is 13.3. The van der Waals surface area contributed by atoms with Crippen LogP contribution in [0.4, 0.5) is 24.9 Å². The van der Waals surface area contributed by atoms with Crippen molar-refractivity contribution in [2.45, 2.75) is 44.3 Å². The molecule has 0 spiro atoms. The second-order valence-electron chi connectivity index (χ2n) is 9.59. The number of nitrogens with one attached hydrogen (secondary N) is 2. The summed E-state index contributed by atoms with van der Waals surface area (Å²) in [7, 11) is 4.00. The van der Waals surface area contributed by atoms with E-state index in [1.807, 2.05) is 37.2 Å². The number of carboxylic acid groups (broad SMARTS) is 1. The number of hydrogen-bond acceptors (Lipinski definition) is 6. The first-order chi connectivity index (χ1) is 18.9. The molecule has 4 rings (SSSR count). The molecule has 13 heteroatoms. The van der Waals surface area contributed by atoms with Crippen LogP contribution in [-0.4, -0.2) is 59.8 Å². The number of fused-ring (bicyclic) bond motifs is 1. The lowest BCUT2D eigenvalue weighted by Gasteiger charge is -2.29. The lowest BCUT2D eigenvalue weighted by Crippen LogP contribution is -2.30. The van der Waals surface area contributed by atoms with Gasteiger partial charge in [0.2, 0.25) is 5.95 Å². The Balaban J connectivity index is 0.000000559. The topological polar surface area (TPSA) is 107 Å². The molecule has 1 aliphatic carbocycles. The third-order valence-electron chi connectivity index (χ3n) is 6.46. The van der Waals surface area contributed by atoms with Crippen molar-refractivity contribution in [1.82, 2.24) is 15.3 Å². The number of carboxylic acids is 1. The summed E-state index contributed by atoms with van der Waals surface area (Å²) < 4.78 is 31.7. The van der Waals surface area contributed by atoms with Gasteiger partial charge in [0.1, 0.15) is 5.82 Å². The van der Waals surface area contributed by atoms with Gasteiger partial charge >= 0.3 is 12.1 Å². The summed E-state index contributed by atoms with van der Waals surface area (Å²) in [6.45, 7) is 0.614. The monoisotopic (exact) mass is 599 g/mol. The van der Waals surface area contributed by atoms with E-state index in [1.54, 1.807) is 18.2 Å². The van der Waals surface area contributed by atoms with E-state index in [1.165, 1.54) is 0 Å². The molecule has 2 aromatic carbocycles. The maximum atomic E-state index is 12.4. The number of amides is 1. The molecule has 0 atom stereocenters. The second kappa shape index (κ2) is 13.8. The Hall–Kier alpha value is -3.31. The Morgan fingerprint density at radius 2 is 1.60 bits per heavy atom. The molecule has 0 unspecified atom stereocenters. The predicted molar refractivity (Wildman–Crippen MR) is 150 cm³/mol. The van der Waals surface area contributed by atoms with Gasteiger partial charge in [0.25, 0.3) is 5.91 Å². The summed E-state index contributed by atoms with van der Waals surface area (Å²) in [6.07, 6.45) is 0.186. The molecule has 1 aliphatic rings. The lowest BCUT2D eigenvalue weighted by molar-refractivity contribution is -0.192. The second-order valence-corrected chi connectivity index (χ2v) is 10.4. The van der Waals surface area contributed by atoms with Gasteiger partial charge in [-0.2, -0.15) is 18.2 Å². The van der Waals surface area contributed by atoms with Crippen molar-refractivity contribution in [1.29, 1.82) is 0 Å². The Labute approximate surface area is 239 Å². The minimum Gasteiger partial charge on any atom is -0.475 e. The molecule has 0 bridgehead atoms. The summed E-state index contributed by atoms with van der Waals surface area (Å²) in [6, 6.07) is 13.5. The number of para-hydroxylation sites is 1. The quantitative estimate of drug-likeness (QED) is 0.287. The van der Waals surface area contributed by atoms with Crippen LogP contribution in [0.25, 0.3) is 10.9 Å². The molecule has 1 saturated carbocycles. The van der Waals surface area contributed by atoms with Crippen molar-refractivity contribution >= 4 is 57.7 Å². The van der Waals surface area contributed by atoms with Gasteiger partial charge in [-0.25, -0.2) is 9.78 Å². The fraction of sp³-hybridized carbons (Fsp3) is 0.407. The average Bonchev–Trinajstić information content (AvgIpc) is 2.89. The summed E-state index contributed by atoms with van der Waals surface area (Å²) in [5.41, 5.74) is 1.29. The van der Waals surface area contributed by atoms with Crippen molar-refractivity contribution in [3.05, 3.63) is 58.1 Å². The van der Waals surface area contributed by atoms with E-state index < -0.39 is 12.1 Å². The number of aromatic nitrogens is 2. The maximum absolute atomic E-state index is 12.4. The number of benzene rings is 2. The summed E-state index contributed by atoms with van der Waals surface area (Å²) in [4.78, 5) is 32.8. The molecule has 1 aromatic heterocycles. The van der Waals surface area contributed by atoms with Crippen molar-refractivity contribution in [3.8, 4) is 0 Å². The van der Waals surface area contributed by atoms with Crippen molar-refractivity contribution in [3.63, 3.8) is 0 Å². The number of carbonyl (C=O) groups is 2. The van der Waals surface area contributed by atoms with E-state index in [0.29, 0.717) is 40.1 Å². The summed E-state index contributed by atoms with van der Waals surface area (Å²) in [5.74, 6) is -0.783. The third-order valence-corrected chi connectivity index (χ3v) is 7.09. The zero-order valence-corrected chi connectivity index (χ0v) is 23.4. The smallest absolute Gasteiger partial charge is 0.475 e. The molecule has 3 N–H and O–H groups in total. The van der Waals surface area contributed by atoms with Gasteiger partial charge in [0.05, 0.1) is 21.1 Å². The van der Waals surface area contributed by atoms with Crippen molar-refractivity contribution in [2.75, 3.05) is 30.9 Å². The number of carbonyl (C=O) groups excluding carboxylic acids is 1. The van der Waals surface area contributed by atoms with E-state index in [2.05, 4.69) is 16.7 Å². The molecule has 1 amide bonds. The largest absolute Gasteiger partial charge is 0.490 e. The highest BCUT2D eigenvalue weighted by Gasteiger charge is 2.38. The molecule has 216 valence electrons. The molecule has 0 radical (unpaired) electrons. The van der Waals surface area contributed by atoms with Crippen molar-refractivity contribution in [2.24, 2.45) is 5.92 Å². The molecular weight excluding hydrogens is 570 g/mol. The number of halogens is 5. The van der Waals surface area contributed by atoms with Crippen LogP contribution in [-0.2, 0) is 4.79 Å². The molecular formula is C27H30Cl2F3N5O3. The van der Waals surface area contributed by atoms with Crippen LogP contribution in [0.5, 0.6) is 0 Å². The summed E-state index contributed by atoms with van der Waals surface area (Å²) >= 11 is 12.3. The highest BCUT2D eigenvalue weighted by atomic mass is 35.5. The molecule has 8 nitrogen and oxygen atoms in total. The standard InChI is InChI=1S/C25H29Cl2N5O.C2HF3O2/c1-32(2)23-18-6-3-4-9-21(18)30-25(31-23)29-17-12-10-16(11-13-17)14-15-28-24(33)22-19(26)7-5-8-20(22)27;3-2(4,5)1(6)7/h3-9,16-17H,10-15H2,1-2H3,(H,28,33)(H,29,30,31);(H,6,7). The first kappa shape index (κ1) is 31.2. The van der Waals surface area contributed by atoms with Gasteiger partial charge in [0, 0.05) is 32.1 Å². The van der Waals surface area contributed by atoms with E-state index >= 15 is 0 Å². The van der Waals surface area contributed by atoms with Crippen LogP contribution in [0, 0.1) is 5.92 Å². The van der Waals surface area contributed by atoms with Gasteiger partial charge in [0.15, 0.2) is 0 Å². The number of alkyl halides is 3. The Morgan fingerprint density at radius 3 is 2.17 bits per heavy atom. The third kappa shape index (κ3) is 8.59. The highest BCUT2D eigenvalue weighted by Crippen LogP contribution is 2.30. The molecule has 3 aromatic rings. The average molecular weight is 600 g/mol. The molecule has 40 heavy (non-hydrogen) atoms. The van der Waals surface area contributed by atoms with Crippen LogP contribution >= 0.6 is 23.2 Å². The van der Waals surface area contributed by atoms with Crippen LogP contribution in [0.1, 0.15) is 42.5 Å². The van der Waals surface area contributed by atoms with Gasteiger partial charge < -0.3 is 20.6 Å². The Bertz CT molecular complexity index is 1310. The minimum atomic E-state index is -5.08. The van der Waals surface area contributed by atoms with Crippen LogP contribution in [0.3, 0.4) is 0 Å². The number of nitrogens with zero attached hydrogens (tertiary/aromatic N) is 3. The fourth-order valence-electron chi connectivity index (χ4n) is 4.44. The van der Waals surface area contributed by atoms with E-state index in [0.717, 1.165) is 48.8 Å². The fourth-order valence-corrected chi connectivity index (χ4v) is 5.01. The Kier molecular flexibility index (Phi) is 10.8. The lowest BCUT2D eigenvalue weighted by atomic mass is 9.84. The van der Waals surface area contributed by atoms with Crippen molar-refractivity contribution < 1.29 is 27.9 Å². The zero-order valence-electron chi connectivity index (χ0n) is 21.9. The van der Waals surface area contributed by atoms with E-state index in [4.69, 9.17) is 43.1 Å². The molecule has 1 fully saturated rings.